The van der Waals surface area contributed by atoms with Crippen LogP contribution in [0.5, 0.6) is 0 Å². The van der Waals surface area contributed by atoms with E-state index in [0.29, 0.717) is 12.1 Å². The summed E-state index contributed by atoms with van der Waals surface area (Å²) in [6, 6.07) is 16.7. The summed E-state index contributed by atoms with van der Waals surface area (Å²) in [7, 11) is -0.582. The quantitative estimate of drug-likeness (QED) is 0.793. The van der Waals surface area contributed by atoms with Gasteiger partial charge in [-0.1, -0.05) is 36.4 Å². The highest BCUT2D eigenvalue weighted by Crippen LogP contribution is 2.24. The topological polar surface area (TPSA) is 57.7 Å². The van der Waals surface area contributed by atoms with E-state index in [9.17, 15) is 13.2 Å². The van der Waals surface area contributed by atoms with Gasteiger partial charge in [-0.25, -0.2) is 12.7 Å². The zero-order chi connectivity index (χ0) is 19.4. The van der Waals surface area contributed by atoms with Crippen LogP contribution in [0.3, 0.4) is 0 Å². The van der Waals surface area contributed by atoms with Crippen LogP contribution >= 0.6 is 0 Å². The normalized spacial score (nSPS) is 17.9. The Labute approximate surface area is 161 Å². The van der Waals surface area contributed by atoms with Gasteiger partial charge in [0.25, 0.3) is 5.91 Å². The molecule has 1 aliphatic heterocycles. The van der Waals surface area contributed by atoms with E-state index in [0.717, 1.165) is 30.0 Å². The predicted molar refractivity (Wildman–Crippen MR) is 106 cm³/mol. The zero-order valence-electron chi connectivity index (χ0n) is 15.8. The van der Waals surface area contributed by atoms with Crippen molar-refractivity contribution in [3.8, 4) is 0 Å². The molecule has 1 atom stereocenters. The maximum absolute atomic E-state index is 13.2. The molecule has 1 heterocycles. The average molecular weight is 387 g/mol. The van der Waals surface area contributed by atoms with E-state index in [2.05, 4.69) is 12.1 Å². The lowest BCUT2D eigenvalue weighted by molar-refractivity contribution is 0.0613. The van der Waals surface area contributed by atoms with Crippen LogP contribution in [-0.4, -0.2) is 50.2 Å². The SMILES string of the molecule is CN(C)S(=O)(=O)c1cccc(C(=O)N2CCCCC2Cc2ccccc2)c1. The minimum absolute atomic E-state index is 0.0913. The van der Waals surface area contributed by atoms with Crippen molar-refractivity contribution in [2.45, 2.75) is 36.6 Å². The van der Waals surface area contributed by atoms with Gasteiger partial charge in [-0.3, -0.25) is 4.79 Å². The Bertz CT molecular complexity index is 895. The molecule has 1 fully saturated rings. The van der Waals surface area contributed by atoms with Crippen molar-refractivity contribution in [2.24, 2.45) is 0 Å². The van der Waals surface area contributed by atoms with E-state index in [-0.39, 0.29) is 16.8 Å². The van der Waals surface area contributed by atoms with Gasteiger partial charge in [-0.15, -0.1) is 0 Å². The molecule has 144 valence electrons. The fraction of sp³-hybridized carbons (Fsp3) is 0.381. The molecular weight excluding hydrogens is 360 g/mol. The van der Waals surface area contributed by atoms with Crippen molar-refractivity contribution in [1.29, 1.82) is 0 Å². The van der Waals surface area contributed by atoms with Gasteiger partial charge in [-0.2, -0.15) is 0 Å². The molecule has 1 aliphatic rings. The number of carbonyl (C=O) groups excluding carboxylic acids is 1. The molecule has 0 bridgehead atoms. The Balaban J connectivity index is 1.85. The average Bonchev–Trinajstić information content (AvgIpc) is 2.68. The van der Waals surface area contributed by atoms with Crippen LogP contribution in [0.1, 0.15) is 35.2 Å². The summed E-state index contributed by atoms with van der Waals surface area (Å²) in [5, 5.41) is 0. The number of rotatable bonds is 5. The molecule has 27 heavy (non-hydrogen) atoms. The van der Waals surface area contributed by atoms with Crippen molar-refractivity contribution in [1.82, 2.24) is 9.21 Å². The third-order valence-electron chi connectivity index (χ3n) is 5.06. The van der Waals surface area contributed by atoms with E-state index < -0.39 is 10.0 Å². The summed E-state index contributed by atoms with van der Waals surface area (Å²) in [6.07, 6.45) is 3.88. The molecule has 5 nitrogen and oxygen atoms in total. The molecule has 1 saturated heterocycles. The lowest BCUT2D eigenvalue weighted by Crippen LogP contribution is -2.44. The second kappa shape index (κ2) is 8.23. The van der Waals surface area contributed by atoms with Gasteiger partial charge in [0.1, 0.15) is 0 Å². The van der Waals surface area contributed by atoms with Crippen molar-refractivity contribution in [3.63, 3.8) is 0 Å². The minimum Gasteiger partial charge on any atom is -0.335 e. The first-order chi connectivity index (χ1) is 12.9. The Morgan fingerprint density at radius 1 is 1.07 bits per heavy atom. The van der Waals surface area contributed by atoms with E-state index in [1.165, 1.54) is 31.8 Å². The minimum atomic E-state index is -3.56. The van der Waals surface area contributed by atoms with Crippen molar-refractivity contribution in [2.75, 3.05) is 20.6 Å². The van der Waals surface area contributed by atoms with Crippen LogP contribution in [0.4, 0.5) is 0 Å². The lowest BCUT2D eigenvalue weighted by atomic mass is 9.95. The Morgan fingerprint density at radius 2 is 1.81 bits per heavy atom. The number of hydrogen-bond acceptors (Lipinski definition) is 3. The monoisotopic (exact) mass is 386 g/mol. The Kier molecular flexibility index (Phi) is 5.97. The summed E-state index contributed by atoms with van der Waals surface area (Å²) in [5.41, 5.74) is 1.64. The van der Waals surface area contributed by atoms with Gasteiger partial charge in [-0.05, 0) is 49.4 Å². The summed E-state index contributed by atoms with van der Waals surface area (Å²) in [5.74, 6) is -0.0913. The first-order valence-corrected chi connectivity index (χ1v) is 10.7. The van der Waals surface area contributed by atoms with E-state index in [4.69, 9.17) is 0 Å². The highest BCUT2D eigenvalue weighted by atomic mass is 32.2. The third-order valence-corrected chi connectivity index (χ3v) is 6.87. The number of carbonyl (C=O) groups is 1. The molecule has 1 amide bonds. The number of benzene rings is 2. The van der Waals surface area contributed by atoms with Gasteiger partial charge in [0, 0.05) is 32.2 Å². The van der Waals surface area contributed by atoms with E-state index >= 15 is 0 Å². The molecule has 3 rings (SSSR count). The lowest BCUT2D eigenvalue weighted by Gasteiger charge is -2.36. The Hall–Kier alpha value is -2.18. The maximum Gasteiger partial charge on any atom is 0.254 e. The molecule has 0 spiro atoms. The highest BCUT2D eigenvalue weighted by Gasteiger charge is 2.28. The highest BCUT2D eigenvalue weighted by molar-refractivity contribution is 7.89. The summed E-state index contributed by atoms with van der Waals surface area (Å²) >= 11 is 0. The number of sulfonamides is 1. The smallest absolute Gasteiger partial charge is 0.254 e. The predicted octanol–water partition coefficient (Wildman–Crippen LogP) is 3.17. The number of nitrogens with zero attached hydrogens (tertiary/aromatic N) is 2. The Morgan fingerprint density at radius 3 is 2.52 bits per heavy atom. The third kappa shape index (κ3) is 4.39. The van der Waals surface area contributed by atoms with Crippen LogP contribution in [-0.2, 0) is 16.4 Å². The largest absolute Gasteiger partial charge is 0.335 e. The van der Waals surface area contributed by atoms with Gasteiger partial charge in [0.15, 0.2) is 0 Å². The molecule has 0 radical (unpaired) electrons. The fourth-order valence-electron chi connectivity index (χ4n) is 3.53. The summed E-state index contributed by atoms with van der Waals surface area (Å²) < 4.78 is 25.9. The standard InChI is InChI=1S/C21H26N2O3S/c1-22(2)27(25,26)20-13-8-11-18(16-20)21(24)23-14-7-6-12-19(23)15-17-9-4-3-5-10-17/h3-5,8-11,13,16,19H,6-7,12,14-15H2,1-2H3. The molecule has 0 N–H and O–H groups in total. The molecular formula is C21H26N2O3S. The van der Waals surface area contributed by atoms with Crippen molar-refractivity contribution < 1.29 is 13.2 Å². The second-order valence-electron chi connectivity index (χ2n) is 7.15. The second-order valence-corrected chi connectivity index (χ2v) is 9.30. The first kappa shape index (κ1) is 19.6. The molecule has 0 aromatic heterocycles. The first-order valence-electron chi connectivity index (χ1n) is 9.27. The zero-order valence-corrected chi connectivity index (χ0v) is 16.7. The fourth-order valence-corrected chi connectivity index (χ4v) is 4.48. The molecule has 0 aliphatic carbocycles. The number of hydrogen-bond donors (Lipinski definition) is 0. The van der Waals surface area contributed by atoms with Crippen molar-refractivity contribution >= 4 is 15.9 Å². The number of likely N-dealkylation sites (tertiary alicyclic amines) is 1. The van der Waals surface area contributed by atoms with Crippen LogP contribution in [0.15, 0.2) is 59.5 Å². The van der Waals surface area contributed by atoms with Gasteiger partial charge >= 0.3 is 0 Å². The summed E-state index contributed by atoms with van der Waals surface area (Å²) in [6.45, 7) is 0.709. The molecule has 0 saturated carbocycles. The molecule has 6 heteroatoms. The van der Waals surface area contributed by atoms with Gasteiger partial charge < -0.3 is 4.90 Å². The summed E-state index contributed by atoms with van der Waals surface area (Å²) in [4.78, 5) is 15.2. The molecule has 2 aromatic carbocycles. The van der Waals surface area contributed by atoms with Crippen LogP contribution < -0.4 is 0 Å². The van der Waals surface area contributed by atoms with Crippen LogP contribution in [0.2, 0.25) is 0 Å². The van der Waals surface area contributed by atoms with Gasteiger partial charge in [0.05, 0.1) is 4.90 Å². The van der Waals surface area contributed by atoms with E-state index in [1.54, 1.807) is 12.1 Å². The van der Waals surface area contributed by atoms with Gasteiger partial charge in [0.2, 0.25) is 10.0 Å². The van der Waals surface area contributed by atoms with Crippen LogP contribution in [0, 0.1) is 0 Å². The maximum atomic E-state index is 13.2. The molecule has 1 unspecified atom stereocenters. The molecule has 2 aromatic rings. The van der Waals surface area contributed by atoms with E-state index in [1.807, 2.05) is 23.1 Å². The number of piperidine rings is 1. The number of amides is 1. The van der Waals surface area contributed by atoms with Crippen molar-refractivity contribution in [3.05, 3.63) is 65.7 Å². The van der Waals surface area contributed by atoms with Crippen LogP contribution in [0.25, 0.3) is 0 Å².